The van der Waals surface area contributed by atoms with Crippen LogP contribution in [0.1, 0.15) is 40.0 Å². The van der Waals surface area contributed by atoms with Crippen LogP contribution in [-0.4, -0.2) is 25.3 Å². The van der Waals surface area contributed by atoms with Crippen molar-refractivity contribution in [1.29, 1.82) is 0 Å². The van der Waals surface area contributed by atoms with Crippen molar-refractivity contribution in [2.45, 2.75) is 52.1 Å². The quantitative estimate of drug-likeness (QED) is 0.709. The second-order valence-electron chi connectivity index (χ2n) is 4.24. The van der Waals surface area contributed by atoms with Crippen molar-refractivity contribution in [1.82, 2.24) is 5.32 Å². The number of rotatable bonds is 5. The molecule has 1 N–H and O–H groups in total. The van der Waals surface area contributed by atoms with E-state index in [0.29, 0.717) is 6.04 Å². The van der Waals surface area contributed by atoms with Gasteiger partial charge < -0.3 is 10.1 Å². The molecule has 2 nitrogen and oxygen atoms in total. The maximum atomic E-state index is 5.38. The van der Waals surface area contributed by atoms with Gasteiger partial charge in [0.1, 0.15) is 0 Å². The molecule has 1 rings (SSSR count). The van der Waals surface area contributed by atoms with Crippen LogP contribution in [0.25, 0.3) is 0 Å². The first-order chi connectivity index (χ1) is 6.24. The number of hydrogen-bond donors (Lipinski definition) is 1. The van der Waals surface area contributed by atoms with E-state index < -0.39 is 0 Å². The van der Waals surface area contributed by atoms with Crippen LogP contribution in [0.4, 0.5) is 0 Å². The number of ether oxygens (including phenoxy) is 1. The molecule has 0 radical (unpaired) electrons. The van der Waals surface area contributed by atoms with Gasteiger partial charge in [0.25, 0.3) is 0 Å². The lowest BCUT2D eigenvalue weighted by atomic mass is 10.1. The van der Waals surface area contributed by atoms with E-state index in [-0.39, 0.29) is 0 Å². The number of hydrogen-bond acceptors (Lipinski definition) is 2. The molecular weight excluding hydrogens is 162 g/mol. The van der Waals surface area contributed by atoms with E-state index in [1.165, 1.54) is 19.3 Å². The van der Waals surface area contributed by atoms with Crippen LogP contribution in [0.2, 0.25) is 0 Å². The molecule has 13 heavy (non-hydrogen) atoms. The third kappa shape index (κ3) is 3.65. The maximum absolute atomic E-state index is 5.38. The Morgan fingerprint density at radius 2 is 2.23 bits per heavy atom. The summed E-state index contributed by atoms with van der Waals surface area (Å²) < 4.78 is 5.38. The summed E-state index contributed by atoms with van der Waals surface area (Å²) in [7, 11) is 0. The van der Waals surface area contributed by atoms with Gasteiger partial charge in [-0.15, -0.1) is 0 Å². The van der Waals surface area contributed by atoms with Crippen LogP contribution in [0.3, 0.4) is 0 Å². The molecule has 78 valence electrons. The zero-order valence-corrected chi connectivity index (χ0v) is 9.18. The van der Waals surface area contributed by atoms with Crippen molar-refractivity contribution >= 4 is 0 Å². The molecule has 0 aromatic carbocycles. The Labute approximate surface area is 82.0 Å². The zero-order chi connectivity index (χ0) is 9.68. The summed E-state index contributed by atoms with van der Waals surface area (Å²) in [5, 5.41) is 3.64. The molecule has 1 aliphatic rings. The summed E-state index contributed by atoms with van der Waals surface area (Å²) in [4.78, 5) is 0. The molecule has 0 saturated heterocycles. The molecule has 3 unspecified atom stereocenters. The molecule has 2 heteroatoms. The van der Waals surface area contributed by atoms with E-state index in [1.807, 2.05) is 6.92 Å². The van der Waals surface area contributed by atoms with E-state index in [2.05, 4.69) is 19.2 Å². The smallest absolute Gasteiger partial charge is 0.0616 e. The lowest BCUT2D eigenvalue weighted by Gasteiger charge is -2.22. The van der Waals surface area contributed by atoms with Gasteiger partial charge in [-0.3, -0.25) is 0 Å². The van der Waals surface area contributed by atoms with Gasteiger partial charge in [-0.05, 0) is 32.6 Å². The summed E-state index contributed by atoms with van der Waals surface area (Å²) >= 11 is 0. The fourth-order valence-corrected chi connectivity index (χ4v) is 2.10. The zero-order valence-electron chi connectivity index (χ0n) is 9.18. The topological polar surface area (TPSA) is 21.3 Å². The molecule has 0 heterocycles. The van der Waals surface area contributed by atoms with Gasteiger partial charge in [0.15, 0.2) is 0 Å². The molecule has 0 bridgehead atoms. The summed E-state index contributed by atoms with van der Waals surface area (Å²) in [6, 6.07) is 1.24. The first kappa shape index (κ1) is 11.0. The first-order valence-corrected chi connectivity index (χ1v) is 5.57. The molecule has 3 atom stereocenters. The summed E-state index contributed by atoms with van der Waals surface area (Å²) in [6.07, 6.45) is 4.12. The van der Waals surface area contributed by atoms with Crippen LogP contribution in [0.5, 0.6) is 0 Å². The van der Waals surface area contributed by atoms with E-state index >= 15 is 0 Å². The summed E-state index contributed by atoms with van der Waals surface area (Å²) in [5.74, 6) is 0.851. The largest absolute Gasteiger partial charge is 0.380 e. The normalized spacial score (nSPS) is 30.7. The van der Waals surface area contributed by atoms with Crippen molar-refractivity contribution < 1.29 is 4.74 Å². The Morgan fingerprint density at radius 1 is 1.46 bits per heavy atom. The minimum atomic E-state index is 0.505. The second-order valence-corrected chi connectivity index (χ2v) is 4.24. The van der Waals surface area contributed by atoms with Crippen LogP contribution < -0.4 is 5.32 Å². The van der Waals surface area contributed by atoms with E-state index in [0.717, 1.165) is 25.2 Å². The predicted molar refractivity (Wildman–Crippen MR) is 55.9 cm³/mol. The highest BCUT2D eigenvalue weighted by molar-refractivity contribution is 4.82. The molecule has 0 amide bonds. The van der Waals surface area contributed by atoms with Gasteiger partial charge in [-0.1, -0.05) is 13.3 Å². The Bertz CT molecular complexity index is 138. The molecule has 1 fully saturated rings. The van der Waals surface area contributed by atoms with Gasteiger partial charge in [-0.2, -0.15) is 0 Å². The van der Waals surface area contributed by atoms with E-state index in [4.69, 9.17) is 4.74 Å². The molecule has 0 aromatic heterocycles. The third-order valence-corrected chi connectivity index (χ3v) is 2.93. The fraction of sp³-hybridized carbons (Fsp3) is 1.00. The van der Waals surface area contributed by atoms with Crippen LogP contribution in [-0.2, 0) is 4.74 Å². The third-order valence-electron chi connectivity index (χ3n) is 2.93. The average Bonchev–Trinajstić information content (AvgIpc) is 2.48. The van der Waals surface area contributed by atoms with Crippen molar-refractivity contribution in [2.75, 3.05) is 13.2 Å². The van der Waals surface area contributed by atoms with Gasteiger partial charge in [-0.25, -0.2) is 0 Å². The molecule has 0 aliphatic heterocycles. The SMILES string of the molecule is CCOCC(C)NC1CCCC1C. The van der Waals surface area contributed by atoms with Gasteiger partial charge >= 0.3 is 0 Å². The highest BCUT2D eigenvalue weighted by atomic mass is 16.5. The highest BCUT2D eigenvalue weighted by Gasteiger charge is 2.23. The summed E-state index contributed by atoms with van der Waals surface area (Å²) in [6.45, 7) is 8.27. The molecule has 0 aromatic rings. The highest BCUT2D eigenvalue weighted by Crippen LogP contribution is 2.24. The van der Waals surface area contributed by atoms with Gasteiger partial charge in [0.05, 0.1) is 6.61 Å². The minimum Gasteiger partial charge on any atom is -0.380 e. The monoisotopic (exact) mass is 185 g/mol. The average molecular weight is 185 g/mol. The van der Waals surface area contributed by atoms with E-state index in [1.54, 1.807) is 0 Å². The summed E-state index contributed by atoms with van der Waals surface area (Å²) in [5.41, 5.74) is 0. The fourth-order valence-electron chi connectivity index (χ4n) is 2.10. The van der Waals surface area contributed by atoms with Crippen LogP contribution in [0.15, 0.2) is 0 Å². The standard InChI is InChI=1S/C11H23NO/c1-4-13-8-10(3)12-11-7-5-6-9(11)2/h9-12H,4-8H2,1-3H3. The molecule has 0 spiro atoms. The molecule has 1 aliphatic carbocycles. The Kier molecular flexibility index (Phi) is 4.74. The number of nitrogens with one attached hydrogen (secondary N) is 1. The van der Waals surface area contributed by atoms with Gasteiger partial charge in [0.2, 0.25) is 0 Å². The predicted octanol–water partition coefficient (Wildman–Crippen LogP) is 2.19. The van der Waals surface area contributed by atoms with Gasteiger partial charge in [0, 0.05) is 18.7 Å². The van der Waals surface area contributed by atoms with Crippen molar-refractivity contribution in [2.24, 2.45) is 5.92 Å². The Hall–Kier alpha value is -0.0800. The lowest BCUT2D eigenvalue weighted by molar-refractivity contribution is 0.121. The van der Waals surface area contributed by atoms with Crippen molar-refractivity contribution in [3.63, 3.8) is 0 Å². The lowest BCUT2D eigenvalue weighted by Crippen LogP contribution is -2.40. The van der Waals surface area contributed by atoms with Crippen LogP contribution >= 0.6 is 0 Å². The van der Waals surface area contributed by atoms with Crippen molar-refractivity contribution in [3.05, 3.63) is 0 Å². The Balaban J connectivity index is 2.15. The second kappa shape index (κ2) is 5.61. The van der Waals surface area contributed by atoms with Crippen LogP contribution in [0, 0.1) is 5.92 Å². The molecule has 1 saturated carbocycles. The van der Waals surface area contributed by atoms with E-state index in [9.17, 15) is 0 Å². The molecular formula is C11H23NO. The maximum Gasteiger partial charge on any atom is 0.0616 e. The van der Waals surface area contributed by atoms with Crippen molar-refractivity contribution in [3.8, 4) is 0 Å². The Morgan fingerprint density at radius 3 is 2.77 bits per heavy atom. The first-order valence-electron chi connectivity index (χ1n) is 5.57. The minimum absolute atomic E-state index is 0.505.